The van der Waals surface area contributed by atoms with Crippen LogP contribution in [0.5, 0.6) is 11.5 Å². The second-order valence-electron chi connectivity index (χ2n) is 6.07. The summed E-state index contributed by atoms with van der Waals surface area (Å²) in [5.41, 5.74) is 6.72. The van der Waals surface area contributed by atoms with Gasteiger partial charge in [-0.25, -0.2) is 10.9 Å². The average Bonchev–Trinajstić information content (AvgIpc) is 2.69. The van der Waals surface area contributed by atoms with Crippen molar-refractivity contribution in [3.63, 3.8) is 0 Å². The molecule has 0 saturated carbocycles. The van der Waals surface area contributed by atoms with E-state index in [2.05, 4.69) is 52.9 Å². The van der Waals surface area contributed by atoms with Crippen LogP contribution in [0, 0.1) is 13.8 Å². The van der Waals surface area contributed by atoms with Crippen LogP contribution in [0.4, 0.5) is 0 Å². The molecule has 0 aliphatic carbocycles. The van der Waals surface area contributed by atoms with E-state index in [1.807, 2.05) is 38.1 Å². The molecular weight excluding hydrogens is 520 g/mol. The first-order valence-electron chi connectivity index (χ1n) is 8.75. The third-order valence-electron chi connectivity index (χ3n) is 3.49. The van der Waals surface area contributed by atoms with E-state index in [0.29, 0.717) is 11.5 Å². The summed E-state index contributed by atoms with van der Waals surface area (Å²) in [6.45, 7) is 3.52. The molecule has 0 heterocycles. The quantitative estimate of drug-likeness (QED) is 0.376. The van der Waals surface area contributed by atoms with E-state index in [9.17, 15) is 9.59 Å². The number of aryl methyl sites for hydroxylation is 2. The van der Waals surface area contributed by atoms with Gasteiger partial charge in [-0.1, -0.05) is 12.1 Å². The SMILES string of the molecule is Cc1ccc(OCC(=O)N/N=C/C=N/NC(=O)COc2ccc(C)cc2Br)c(Br)c1. The van der Waals surface area contributed by atoms with Crippen LogP contribution < -0.4 is 20.3 Å². The number of rotatable bonds is 9. The smallest absolute Gasteiger partial charge is 0.277 e. The summed E-state index contributed by atoms with van der Waals surface area (Å²) in [4.78, 5) is 23.4. The Labute approximate surface area is 191 Å². The molecule has 0 aliphatic rings. The van der Waals surface area contributed by atoms with Crippen molar-refractivity contribution in [3.05, 3.63) is 56.5 Å². The number of benzene rings is 2. The summed E-state index contributed by atoms with van der Waals surface area (Å²) in [5, 5.41) is 7.35. The zero-order valence-electron chi connectivity index (χ0n) is 16.3. The van der Waals surface area contributed by atoms with Crippen molar-refractivity contribution < 1.29 is 19.1 Å². The largest absolute Gasteiger partial charge is 0.483 e. The molecule has 30 heavy (non-hydrogen) atoms. The maximum Gasteiger partial charge on any atom is 0.277 e. The molecule has 0 fully saturated rings. The molecule has 2 N–H and O–H groups in total. The average molecular weight is 540 g/mol. The van der Waals surface area contributed by atoms with Gasteiger partial charge in [-0.15, -0.1) is 0 Å². The molecule has 0 unspecified atom stereocenters. The summed E-state index contributed by atoms with van der Waals surface area (Å²) < 4.78 is 12.3. The fourth-order valence-electron chi connectivity index (χ4n) is 2.08. The van der Waals surface area contributed by atoms with Crippen LogP contribution in [0.3, 0.4) is 0 Å². The van der Waals surface area contributed by atoms with Gasteiger partial charge >= 0.3 is 0 Å². The van der Waals surface area contributed by atoms with Gasteiger partial charge in [0.15, 0.2) is 13.2 Å². The van der Waals surface area contributed by atoms with Gasteiger partial charge in [-0.3, -0.25) is 9.59 Å². The van der Waals surface area contributed by atoms with Crippen molar-refractivity contribution in [2.45, 2.75) is 13.8 Å². The van der Waals surface area contributed by atoms with Crippen molar-refractivity contribution in [3.8, 4) is 11.5 Å². The lowest BCUT2D eigenvalue weighted by Crippen LogP contribution is -2.25. The normalized spacial score (nSPS) is 10.9. The summed E-state index contributed by atoms with van der Waals surface area (Å²) in [5.74, 6) is 0.245. The topological polar surface area (TPSA) is 101 Å². The Hall–Kier alpha value is -2.72. The van der Waals surface area contributed by atoms with Gasteiger partial charge in [0.05, 0.1) is 21.4 Å². The van der Waals surface area contributed by atoms with Gasteiger partial charge in [0.2, 0.25) is 0 Å². The first-order chi connectivity index (χ1) is 14.3. The maximum absolute atomic E-state index is 11.7. The standard InChI is InChI=1S/C20H20Br2N4O4/c1-13-3-5-17(15(21)9-13)29-11-19(27)25-23-7-8-24-26-20(28)12-30-18-6-4-14(2)10-16(18)22/h3-10H,11-12H2,1-2H3,(H,25,27)(H,26,28)/b23-7+,24-8+. The second kappa shape index (κ2) is 12.1. The number of halogens is 2. The number of carbonyl (C=O) groups is 2. The summed E-state index contributed by atoms with van der Waals surface area (Å²) in [7, 11) is 0. The second-order valence-corrected chi connectivity index (χ2v) is 7.78. The lowest BCUT2D eigenvalue weighted by molar-refractivity contribution is -0.123. The van der Waals surface area contributed by atoms with E-state index in [1.165, 1.54) is 12.4 Å². The minimum absolute atomic E-state index is 0.196. The molecular formula is C20H20Br2N4O4. The van der Waals surface area contributed by atoms with E-state index in [4.69, 9.17) is 9.47 Å². The summed E-state index contributed by atoms with van der Waals surface area (Å²) in [6, 6.07) is 11.1. The van der Waals surface area contributed by atoms with Crippen molar-refractivity contribution in [2.24, 2.45) is 10.2 Å². The Morgan fingerprint density at radius 2 is 1.23 bits per heavy atom. The van der Waals surface area contributed by atoms with E-state index >= 15 is 0 Å². The molecule has 0 bridgehead atoms. The number of hydrazone groups is 2. The molecule has 2 rings (SSSR count). The third kappa shape index (κ3) is 8.34. The van der Waals surface area contributed by atoms with Crippen LogP contribution in [0.25, 0.3) is 0 Å². The Morgan fingerprint density at radius 3 is 1.60 bits per heavy atom. The van der Waals surface area contributed by atoms with Crippen molar-refractivity contribution in [1.29, 1.82) is 0 Å². The Morgan fingerprint density at radius 1 is 0.833 bits per heavy atom. The monoisotopic (exact) mass is 538 g/mol. The predicted molar refractivity (Wildman–Crippen MR) is 122 cm³/mol. The van der Waals surface area contributed by atoms with E-state index < -0.39 is 11.8 Å². The first-order valence-corrected chi connectivity index (χ1v) is 10.3. The van der Waals surface area contributed by atoms with Crippen LogP contribution in [0.15, 0.2) is 55.5 Å². The van der Waals surface area contributed by atoms with Gasteiger partial charge < -0.3 is 9.47 Å². The predicted octanol–water partition coefficient (Wildman–Crippen LogP) is 3.49. The summed E-state index contributed by atoms with van der Waals surface area (Å²) in [6.07, 6.45) is 2.44. The Kier molecular flexibility index (Phi) is 9.49. The number of nitrogens with zero attached hydrogens (tertiary/aromatic N) is 2. The Balaban J connectivity index is 1.64. The van der Waals surface area contributed by atoms with Gasteiger partial charge in [0.25, 0.3) is 11.8 Å². The molecule has 0 aliphatic heterocycles. The minimum atomic E-state index is -0.437. The van der Waals surface area contributed by atoms with Crippen molar-refractivity contribution in [2.75, 3.05) is 13.2 Å². The highest BCUT2D eigenvalue weighted by molar-refractivity contribution is 9.10. The van der Waals surface area contributed by atoms with Crippen LogP contribution in [0.2, 0.25) is 0 Å². The van der Waals surface area contributed by atoms with Crippen LogP contribution in [0.1, 0.15) is 11.1 Å². The molecule has 10 heteroatoms. The molecule has 0 radical (unpaired) electrons. The molecule has 0 aromatic heterocycles. The van der Waals surface area contributed by atoms with Gasteiger partial charge in [-0.2, -0.15) is 10.2 Å². The highest BCUT2D eigenvalue weighted by Crippen LogP contribution is 2.26. The van der Waals surface area contributed by atoms with Crippen LogP contribution in [-0.4, -0.2) is 37.5 Å². The van der Waals surface area contributed by atoms with Crippen molar-refractivity contribution in [1.82, 2.24) is 10.9 Å². The first kappa shape index (κ1) is 23.6. The van der Waals surface area contributed by atoms with Gasteiger partial charge in [0.1, 0.15) is 11.5 Å². The zero-order valence-corrected chi connectivity index (χ0v) is 19.5. The van der Waals surface area contributed by atoms with Gasteiger partial charge in [-0.05, 0) is 81.1 Å². The number of ether oxygens (including phenoxy) is 2. The number of hydrogen-bond acceptors (Lipinski definition) is 6. The minimum Gasteiger partial charge on any atom is -0.483 e. The Bertz CT molecular complexity index is 886. The highest BCUT2D eigenvalue weighted by atomic mass is 79.9. The number of hydrogen-bond donors (Lipinski definition) is 2. The molecule has 8 nitrogen and oxygen atoms in total. The van der Waals surface area contributed by atoms with E-state index in [1.54, 1.807) is 12.1 Å². The van der Waals surface area contributed by atoms with Crippen LogP contribution in [-0.2, 0) is 9.59 Å². The van der Waals surface area contributed by atoms with Gasteiger partial charge in [0, 0.05) is 0 Å². The lowest BCUT2D eigenvalue weighted by atomic mass is 10.2. The fourth-order valence-corrected chi connectivity index (χ4v) is 3.30. The summed E-state index contributed by atoms with van der Waals surface area (Å²) >= 11 is 6.74. The third-order valence-corrected chi connectivity index (χ3v) is 4.73. The zero-order chi connectivity index (χ0) is 21.9. The molecule has 0 atom stereocenters. The molecule has 0 spiro atoms. The molecule has 2 amide bonds. The number of amides is 2. The van der Waals surface area contributed by atoms with E-state index in [-0.39, 0.29) is 13.2 Å². The molecule has 0 saturated heterocycles. The molecule has 2 aromatic carbocycles. The van der Waals surface area contributed by atoms with E-state index in [0.717, 1.165) is 20.1 Å². The lowest BCUT2D eigenvalue weighted by Gasteiger charge is -2.07. The maximum atomic E-state index is 11.7. The molecule has 2 aromatic rings. The highest BCUT2D eigenvalue weighted by Gasteiger charge is 2.06. The van der Waals surface area contributed by atoms with Crippen LogP contribution >= 0.6 is 31.9 Å². The number of carbonyl (C=O) groups excluding carboxylic acids is 2. The number of nitrogens with one attached hydrogen (secondary N) is 2. The molecule has 158 valence electrons. The van der Waals surface area contributed by atoms with Crippen molar-refractivity contribution >= 4 is 56.1 Å². The fraction of sp³-hybridized carbons (Fsp3) is 0.200.